The van der Waals surface area contributed by atoms with Gasteiger partial charge < -0.3 is 10.1 Å². The van der Waals surface area contributed by atoms with Crippen LogP contribution in [-0.2, 0) is 4.79 Å². The fraction of sp³-hybridized carbons (Fsp3) is 0.333. The zero-order valence-corrected chi connectivity index (χ0v) is 13.7. The Bertz CT molecular complexity index is 608. The second kappa shape index (κ2) is 7.26. The largest absolute Gasteiger partial charge is 0.494 e. The standard InChI is InChI=1S/C15H18BrN3O2/c1-10-11(2)18-19-15(10)17-14(20)4-3-9-21-13-7-5-12(16)6-8-13/h5-8H,3-4,9H2,1-2H3,(H2,17,18,19,20). The quantitative estimate of drug-likeness (QED) is 0.781. The number of halogens is 1. The van der Waals surface area contributed by atoms with Crippen LogP contribution in [0.2, 0.25) is 0 Å². The maximum absolute atomic E-state index is 11.8. The van der Waals surface area contributed by atoms with E-state index in [0.717, 1.165) is 21.5 Å². The molecule has 0 atom stereocenters. The number of benzene rings is 1. The number of aromatic nitrogens is 2. The Morgan fingerprint density at radius 1 is 1.33 bits per heavy atom. The molecule has 112 valence electrons. The number of nitrogens with zero attached hydrogens (tertiary/aromatic N) is 1. The third kappa shape index (κ3) is 4.60. The minimum Gasteiger partial charge on any atom is -0.494 e. The highest BCUT2D eigenvalue weighted by Crippen LogP contribution is 2.17. The molecule has 1 aromatic heterocycles. The van der Waals surface area contributed by atoms with Gasteiger partial charge in [0.1, 0.15) is 5.75 Å². The summed E-state index contributed by atoms with van der Waals surface area (Å²) in [7, 11) is 0. The molecule has 1 amide bonds. The molecule has 0 saturated carbocycles. The molecule has 5 nitrogen and oxygen atoms in total. The number of hydrogen-bond donors (Lipinski definition) is 2. The molecule has 0 aliphatic carbocycles. The van der Waals surface area contributed by atoms with E-state index >= 15 is 0 Å². The number of ether oxygens (including phenoxy) is 1. The molecular formula is C15H18BrN3O2. The molecule has 0 fully saturated rings. The monoisotopic (exact) mass is 351 g/mol. The van der Waals surface area contributed by atoms with Crippen LogP contribution in [0.1, 0.15) is 24.1 Å². The van der Waals surface area contributed by atoms with Crippen LogP contribution in [0.15, 0.2) is 28.7 Å². The van der Waals surface area contributed by atoms with Crippen molar-refractivity contribution in [1.82, 2.24) is 10.2 Å². The van der Waals surface area contributed by atoms with E-state index in [2.05, 4.69) is 31.4 Å². The fourth-order valence-electron chi connectivity index (χ4n) is 1.75. The number of aryl methyl sites for hydroxylation is 1. The molecule has 1 heterocycles. The molecule has 6 heteroatoms. The van der Waals surface area contributed by atoms with Crippen LogP contribution in [0.5, 0.6) is 5.75 Å². The van der Waals surface area contributed by atoms with Gasteiger partial charge in [-0.15, -0.1) is 0 Å². The minimum atomic E-state index is -0.0518. The summed E-state index contributed by atoms with van der Waals surface area (Å²) in [6.45, 7) is 4.35. The van der Waals surface area contributed by atoms with Crippen molar-refractivity contribution in [2.75, 3.05) is 11.9 Å². The van der Waals surface area contributed by atoms with Gasteiger partial charge in [-0.2, -0.15) is 5.10 Å². The van der Waals surface area contributed by atoms with Crippen LogP contribution < -0.4 is 10.1 Å². The number of hydrogen-bond acceptors (Lipinski definition) is 3. The first-order valence-electron chi connectivity index (χ1n) is 6.76. The third-order valence-corrected chi connectivity index (χ3v) is 3.67. The lowest BCUT2D eigenvalue weighted by atomic mass is 10.2. The highest BCUT2D eigenvalue weighted by atomic mass is 79.9. The van der Waals surface area contributed by atoms with Crippen LogP contribution in [-0.4, -0.2) is 22.7 Å². The average Bonchev–Trinajstić information content (AvgIpc) is 2.77. The second-order valence-electron chi connectivity index (χ2n) is 4.78. The van der Waals surface area contributed by atoms with Crippen molar-refractivity contribution in [1.29, 1.82) is 0 Å². The molecular weight excluding hydrogens is 334 g/mol. The summed E-state index contributed by atoms with van der Waals surface area (Å²) < 4.78 is 6.58. The van der Waals surface area contributed by atoms with Gasteiger partial charge >= 0.3 is 0 Å². The zero-order chi connectivity index (χ0) is 15.2. The molecule has 2 N–H and O–H groups in total. The van der Waals surface area contributed by atoms with Gasteiger partial charge in [0.25, 0.3) is 0 Å². The molecule has 0 spiro atoms. The summed E-state index contributed by atoms with van der Waals surface area (Å²) in [6.07, 6.45) is 1.06. The molecule has 0 unspecified atom stereocenters. The van der Waals surface area contributed by atoms with Gasteiger partial charge in [0.15, 0.2) is 5.82 Å². The van der Waals surface area contributed by atoms with Gasteiger partial charge in [0, 0.05) is 22.2 Å². The Morgan fingerprint density at radius 3 is 2.67 bits per heavy atom. The topological polar surface area (TPSA) is 67.0 Å². The fourth-order valence-corrected chi connectivity index (χ4v) is 2.02. The smallest absolute Gasteiger partial charge is 0.225 e. The predicted octanol–water partition coefficient (Wildman–Crippen LogP) is 3.59. The third-order valence-electron chi connectivity index (χ3n) is 3.14. The van der Waals surface area contributed by atoms with Crippen LogP contribution in [0, 0.1) is 13.8 Å². The molecule has 1 aromatic carbocycles. The molecule has 0 aliphatic rings. The Hall–Kier alpha value is -1.82. The Morgan fingerprint density at radius 2 is 2.05 bits per heavy atom. The van der Waals surface area contributed by atoms with Crippen molar-refractivity contribution in [2.24, 2.45) is 0 Å². The van der Waals surface area contributed by atoms with Crippen molar-refractivity contribution in [2.45, 2.75) is 26.7 Å². The summed E-state index contributed by atoms with van der Waals surface area (Å²) in [4.78, 5) is 11.8. The van der Waals surface area contributed by atoms with Crippen molar-refractivity contribution in [3.05, 3.63) is 40.0 Å². The number of anilines is 1. The van der Waals surface area contributed by atoms with Crippen molar-refractivity contribution < 1.29 is 9.53 Å². The summed E-state index contributed by atoms with van der Waals surface area (Å²) >= 11 is 3.37. The summed E-state index contributed by atoms with van der Waals surface area (Å²) in [5.41, 5.74) is 1.93. The number of amides is 1. The van der Waals surface area contributed by atoms with E-state index in [1.165, 1.54) is 0 Å². The highest BCUT2D eigenvalue weighted by Gasteiger charge is 2.09. The van der Waals surface area contributed by atoms with Crippen LogP contribution >= 0.6 is 15.9 Å². The van der Waals surface area contributed by atoms with Crippen LogP contribution in [0.3, 0.4) is 0 Å². The first-order chi connectivity index (χ1) is 10.1. The van der Waals surface area contributed by atoms with Crippen LogP contribution in [0.25, 0.3) is 0 Å². The van der Waals surface area contributed by atoms with E-state index in [1.54, 1.807) is 0 Å². The Labute approximate surface area is 132 Å². The van der Waals surface area contributed by atoms with E-state index in [-0.39, 0.29) is 5.91 Å². The Kier molecular flexibility index (Phi) is 5.38. The molecule has 21 heavy (non-hydrogen) atoms. The van der Waals surface area contributed by atoms with Crippen molar-refractivity contribution in [3.63, 3.8) is 0 Å². The maximum atomic E-state index is 11.8. The second-order valence-corrected chi connectivity index (χ2v) is 5.69. The van der Waals surface area contributed by atoms with Gasteiger partial charge in [-0.05, 0) is 44.5 Å². The molecule has 0 radical (unpaired) electrons. The molecule has 0 saturated heterocycles. The maximum Gasteiger partial charge on any atom is 0.225 e. The lowest BCUT2D eigenvalue weighted by molar-refractivity contribution is -0.116. The summed E-state index contributed by atoms with van der Waals surface area (Å²) in [5.74, 6) is 1.35. The Balaban J connectivity index is 1.70. The average molecular weight is 352 g/mol. The van der Waals surface area contributed by atoms with Gasteiger partial charge in [-0.1, -0.05) is 15.9 Å². The molecule has 0 bridgehead atoms. The lowest BCUT2D eigenvalue weighted by Crippen LogP contribution is -2.13. The van der Waals surface area contributed by atoms with E-state index < -0.39 is 0 Å². The number of nitrogens with one attached hydrogen (secondary N) is 2. The zero-order valence-electron chi connectivity index (χ0n) is 12.1. The predicted molar refractivity (Wildman–Crippen MR) is 85.6 cm³/mol. The number of rotatable bonds is 6. The number of carbonyl (C=O) groups excluding carboxylic acids is 1. The molecule has 0 aliphatic heterocycles. The van der Waals surface area contributed by atoms with Crippen molar-refractivity contribution in [3.8, 4) is 5.75 Å². The summed E-state index contributed by atoms with van der Waals surface area (Å²) in [6, 6.07) is 7.62. The van der Waals surface area contributed by atoms with Gasteiger partial charge in [-0.3, -0.25) is 9.89 Å². The normalized spacial score (nSPS) is 10.4. The number of carbonyl (C=O) groups is 1. The minimum absolute atomic E-state index is 0.0518. The van der Waals surface area contributed by atoms with E-state index in [1.807, 2.05) is 38.1 Å². The van der Waals surface area contributed by atoms with Crippen LogP contribution in [0.4, 0.5) is 5.82 Å². The van der Waals surface area contributed by atoms with Gasteiger partial charge in [0.2, 0.25) is 5.91 Å². The van der Waals surface area contributed by atoms with E-state index in [0.29, 0.717) is 25.3 Å². The SMILES string of the molecule is Cc1[nH]nc(NC(=O)CCCOc2ccc(Br)cc2)c1C. The van der Waals surface area contributed by atoms with E-state index in [4.69, 9.17) is 4.74 Å². The molecule has 2 aromatic rings. The first kappa shape index (κ1) is 15.6. The number of aromatic amines is 1. The lowest BCUT2D eigenvalue weighted by Gasteiger charge is -2.06. The van der Waals surface area contributed by atoms with Crippen molar-refractivity contribution >= 4 is 27.7 Å². The summed E-state index contributed by atoms with van der Waals surface area (Å²) in [5, 5.41) is 9.68. The highest BCUT2D eigenvalue weighted by molar-refractivity contribution is 9.10. The molecule has 2 rings (SSSR count). The van der Waals surface area contributed by atoms with Gasteiger partial charge in [0.05, 0.1) is 6.61 Å². The van der Waals surface area contributed by atoms with Gasteiger partial charge in [-0.25, -0.2) is 0 Å². The number of H-pyrrole nitrogens is 1. The first-order valence-corrected chi connectivity index (χ1v) is 7.55. The van der Waals surface area contributed by atoms with E-state index in [9.17, 15) is 4.79 Å².